The molecule has 0 amide bonds. The molecule has 0 saturated carbocycles. The van der Waals surface area contributed by atoms with E-state index in [9.17, 15) is 0 Å². The second kappa shape index (κ2) is 5.85. The van der Waals surface area contributed by atoms with Crippen LogP contribution in [0.1, 0.15) is 12.0 Å². The Hall–Kier alpha value is -0.580. The van der Waals surface area contributed by atoms with Crippen molar-refractivity contribution in [3.05, 3.63) is 28.2 Å². The maximum atomic E-state index is 5.72. The van der Waals surface area contributed by atoms with E-state index in [0.717, 1.165) is 24.1 Å². The lowest BCUT2D eigenvalue weighted by Crippen LogP contribution is -2.28. The van der Waals surface area contributed by atoms with Gasteiger partial charge in [0.15, 0.2) is 0 Å². The highest BCUT2D eigenvalue weighted by molar-refractivity contribution is 9.10. The highest BCUT2D eigenvalue weighted by Gasteiger charge is 2.13. The molecule has 0 atom stereocenters. The summed E-state index contributed by atoms with van der Waals surface area (Å²) in [5.41, 5.74) is 8.20. The Labute approximate surface area is 112 Å². The second-order valence-corrected chi connectivity index (χ2v) is 5.58. The number of nitrogens with zero attached hydrogens (tertiary/aromatic N) is 2. The average Bonchev–Trinajstić information content (AvgIpc) is 2.53. The van der Waals surface area contributed by atoms with E-state index in [1.165, 1.54) is 24.2 Å². The van der Waals surface area contributed by atoms with Crippen LogP contribution in [0.25, 0.3) is 0 Å². The molecule has 1 saturated heterocycles. The number of likely N-dealkylation sites (N-methyl/N-ethyl adjacent to an activating group) is 1. The number of rotatable bonds is 2. The quantitative estimate of drug-likeness (QED) is 0.907. The zero-order valence-corrected chi connectivity index (χ0v) is 11.9. The number of hydrogen-bond donors (Lipinski definition) is 1. The van der Waals surface area contributed by atoms with Gasteiger partial charge in [0.25, 0.3) is 0 Å². The molecule has 0 bridgehead atoms. The molecule has 4 heteroatoms. The Morgan fingerprint density at radius 2 is 2.00 bits per heavy atom. The smallest absolute Gasteiger partial charge is 0.0381 e. The Bertz CT molecular complexity index is 381. The van der Waals surface area contributed by atoms with Gasteiger partial charge < -0.3 is 15.5 Å². The van der Waals surface area contributed by atoms with Crippen LogP contribution in [0.15, 0.2) is 22.7 Å². The minimum absolute atomic E-state index is 0.597. The number of anilines is 1. The van der Waals surface area contributed by atoms with Crippen molar-refractivity contribution in [2.75, 3.05) is 38.1 Å². The van der Waals surface area contributed by atoms with E-state index in [1.54, 1.807) is 0 Å². The normalized spacial score (nSPS) is 18.2. The lowest BCUT2D eigenvalue weighted by atomic mass is 10.2. The molecule has 1 aromatic carbocycles. The summed E-state index contributed by atoms with van der Waals surface area (Å²) in [4.78, 5) is 4.84. The summed E-state index contributed by atoms with van der Waals surface area (Å²) >= 11 is 3.56. The third kappa shape index (κ3) is 3.44. The molecule has 0 radical (unpaired) electrons. The maximum Gasteiger partial charge on any atom is 0.0381 e. The van der Waals surface area contributed by atoms with Gasteiger partial charge >= 0.3 is 0 Å². The van der Waals surface area contributed by atoms with Gasteiger partial charge in [-0.15, -0.1) is 0 Å². The first-order valence-corrected chi connectivity index (χ1v) is 6.91. The topological polar surface area (TPSA) is 32.5 Å². The maximum absolute atomic E-state index is 5.72. The van der Waals surface area contributed by atoms with E-state index in [2.05, 4.69) is 51.0 Å². The molecule has 1 fully saturated rings. The zero-order chi connectivity index (χ0) is 12.3. The Balaban J connectivity index is 2.17. The SMILES string of the molecule is CN1CCCN(c2cc(Br)cc(CN)c2)CC1. The van der Waals surface area contributed by atoms with Gasteiger partial charge in [0, 0.05) is 36.3 Å². The van der Waals surface area contributed by atoms with Gasteiger partial charge in [-0.2, -0.15) is 0 Å². The van der Waals surface area contributed by atoms with E-state index in [-0.39, 0.29) is 0 Å². The van der Waals surface area contributed by atoms with Crippen molar-refractivity contribution in [1.29, 1.82) is 0 Å². The molecule has 94 valence electrons. The fourth-order valence-corrected chi connectivity index (χ4v) is 2.77. The predicted octanol–water partition coefficient (Wildman–Crippen LogP) is 2.05. The molecule has 0 aromatic heterocycles. The van der Waals surface area contributed by atoms with Crippen molar-refractivity contribution < 1.29 is 0 Å². The van der Waals surface area contributed by atoms with Crippen LogP contribution in [-0.4, -0.2) is 38.1 Å². The van der Waals surface area contributed by atoms with Gasteiger partial charge in [-0.25, -0.2) is 0 Å². The third-order valence-electron chi connectivity index (χ3n) is 3.26. The minimum Gasteiger partial charge on any atom is -0.370 e. The molecule has 1 aromatic rings. The molecule has 0 unspecified atom stereocenters. The third-order valence-corrected chi connectivity index (χ3v) is 3.72. The van der Waals surface area contributed by atoms with Crippen LogP contribution in [0.5, 0.6) is 0 Å². The molecule has 2 rings (SSSR count). The number of hydrogen-bond acceptors (Lipinski definition) is 3. The summed E-state index contributed by atoms with van der Waals surface area (Å²) in [6, 6.07) is 6.48. The molecular weight excluding hydrogens is 278 g/mol. The Kier molecular flexibility index (Phi) is 4.42. The average molecular weight is 298 g/mol. The molecule has 3 nitrogen and oxygen atoms in total. The molecule has 0 spiro atoms. The first-order chi connectivity index (χ1) is 8.19. The fraction of sp³-hybridized carbons (Fsp3) is 0.538. The zero-order valence-electron chi connectivity index (χ0n) is 10.3. The van der Waals surface area contributed by atoms with Crippen molar-refractivity contribution in [3.8, 4) is 0 Å². The highest BCUT2D eigenvalue weighted by Crippen LogP contribution is 2.23. The van der Waals surface area contributed by atoms with E-state index >= 15 is 0 Å². The van der Waals surface area contributed by atoms with Crippen LogP contribution in [0, 0.1) is 0 Å². The molecule has 17 heavy (non-hydrogen) atoms. The van der Waals surface area contributed by atoms with E-state index in [0.29, 0.717) is 6.54 Å². The fourth-order valence-electron chi connectivity index (χ4n) is 2.24. The van der Waals surface area contributed by atoms with Gasteiger partial charge in [-0.1, -0.05) is 15.9 Å². The van der Waals surface area contributed by atoms with Crippen molar-refractivity contribution in [3.63, 3.8) is 0 Å². The second-order valence-electron chi connectivity index (χ2n) is 4.67. The van der Waals surface area contributed by atoms with Crippen molar-refractivity contribution in [2.45, 2.75) is 13.0 Å². The summed E-state index contributed by atoms with van der Waals surface area (Å²) in [6.07, 6.45) is 1.22. The van der Waals surface area contributed by atoms with Crippen LogP contribution < -0.4 is 10.6 Å². The van der Waals surface area contributed by atoms with Gasteiger partial charge in [0.05, 0.1) is 0 Å². The lowest BCUT2D eigenvalue weighted by molar-refractivity contribution is 0.360. The molecular formula is C13H20BrN3. The molecule has 0 aliphatic carbocycles. The summed E-state index contributed by atoms with van der Waals surface area (Å²) in [7, 11) is 2.19. The minimum atomic E-state index is 0.597. The largest absolute Gasteiger partial charge is 0.370 e. The van der Waals surface area contributed by atoms with Crippen LogP contribution in [-0.2, 0) is 6.54 Å². The van der Waals surface area contributed by atoms with Gasteiger partial charge in [0.1, 0.15) is 0 Å². The Morgan fingerprint density at radius 3 is 2.76 bits per heavy atom. The van der Waals surface area contributed by atoms with Crippen LogP contribution in [0.3, 0.4) is 0 Å². The molecule has 2 N–H and O–H groups in total. The number of halogens is 1. The van der Waals surface area contributed by atoms with E-state index in [4.69, 9.17) is 5.73 Å². The monoisotopic (exact) mass is 297 g/mol. The standard InChI is InChI=1S/C13H20BrN3/c1-16-3-2-4-17(6-5-16)13-8-11(10-15)7-12(14)9-13/h7-9H,2-6,10,15H2,1H3. The van der Waals surface area contributed by atoms with Crippen molar-refractivity contribution in [2.24, 2.45) is 5.73 Å². The van der Waals surface area contributed by atoms with Crippen molar-refractivity contribution in [1.82, 2.24) is 4.90 Å². The number of nitrogens with two attached hydrogens (primary N) is 1. The van der Waals surface area contributed by atoms with Gasteiger partial charge in [-0.3, -0.25) is 0 Å². The van der Waals surface area contributed by atoms with E-state index in [1.807, 2.05) is 0 Å². The summed E-state index contributed by atoms with van der Waals surface area (Å²) in [5.74, 6) is 0. The first-order valence-electron chi connectivity index (χ1n) is 6.12. The number of benzene rings is 1. The van der Waals surface area contributed by atoms with Gasteiger partial charge in [-0.05, 0) is 43.8 Å². The summed E-state index contributed by atoms with van der Waals surface area (Å²) in [5, 5.41) is 0. The van der Waals surface area contributed by atoms with Crippen LogP contribution >= 0.6 is 15.9 Å². The van der Waals surface area contributed by atoms with Crippen LogP contribution in [0.4, 0.5) is 5.69 Å². The molecule has 1 aliphatic heterocycles. The summed E-state index contributed by atoms with van der Waals surface area (Å²) in [6.45, 7) is 5.14. The van der Waals surface area contributed by atoms with Gasteiger partial charge in [0.2, 0.25) is 0 Å². The Morgan fingerprint density at radius 1 is 1.18 bits per heavy atom. The van der Waals surface area contributed by atoms with Crippen LogP contribution in [0.2, 0.25) is 0 Å². The van der Waals surface area contributed by atoms with Crippen molar-refractivity contribution >= 4 is 21.6 Å². The first kappa shape index (κ1) is 12.9. The molecule has 1 aliphatic rings. The lowest BCUT2D eigenvalue weighted by Gasteiger charge is -2.23. The summed E-state index contributed by atoms with van der Waals surface area (Å²) < 4.78 is 1.12. The highest BCUT2D eigenvalue weighted by atomic mass is 79.9. The predicted molar refractivity (Wildman–Crippen MR) is 76.4 cm³/mol. The van der Waals surface area contributed by atoms with E-state index < -0.39 is 0 Å². The molecule has 1 heterocycles.